The number of hydrogen-bond acceptors (Lipinski definition) is 4. The zero-order valence-electron chi connectivity index (χ0n) is 9.64. The molecule has 0 N–H and O–H groups in total. The van der Waals surface area contributed by atoms with Crippen molar-refractivity contribution in [2.24, 2.45) is 0 Å². The Morgan fingerprint density at radius 3 is 2.58 bits per heavy atom. The van der Waals surface area contributed by atoms with E-state index in [-0.39, 0.29) is 11.7 Å². The zero-order valence-corrected chi connectivity index (χ0v) is 9.64. The average Bonchev–Trinajstić information content (AvgIpc) is 2.83. The topological polar surface area (TPSA) is 63.7 Å². The highest BCUT2D eigenvalue weighted by molar-refractivity contribution is 5.35. The number of methoxy groups -OCH3 is 1. The van der Waals surface area contributed by atoms with Crippen molar-refractivity contribution in [3.05, 3.63) is 35.7 Å². The molecule has 2 heterocycles. The Kier molecular flexibility index (Phi) is 3.12. The lowest BCUT2D eigenvalue weighted by Crippen LogP contribution is -2.08. The standard InChI is InChI=1S/C11H7F3N4O/c1-19-10-4-8(11(12,13)14)17-18(10)9-3-2-7(5-15)6-16-9/h2-4,6H,1H3. The Hall–Kier alpha value is -2.56. The number of nitriles is 1. The van der Waals surface area contributed by atoms with E-state index in [4.69, 9.17) is 10.00 Å². The Morgan fingerprint density at radius 2 is 2.11 bits per heavy atom. The summed E-state index contributed by atoms with van der Waals surface area (Å²) in [5, 5.41) is 12.0. The molecule has 0 radical (unpaired) electrons. The third-order valence-corrected chi connectivity index (χ3v) is 2.27. The lowest BCUT2D eigenvalue weighted by atomic mass is 10.3. The van der Waals surface area contributed by atoms with Crippen molar-refractivity contribution in [3.63, 3.8) is 0 Å². The van der Waals surface area contributed by atoms with Crippen molar-refractivity contribution in [1.82, 2.24) is 14.8 Å². The summed E-state index contributed by atoms with van der Waals surface area (Å²) in [5.41, 5.74) is -0.776. The molecule has 2 aromatic rings. The summed E-state index contributed by atoms with van der Waals surface area (Å²) >= 11 is 0. The maximum atomic E-state index is 12.6. The molecule has 0 saturated carbocycles. The van der Waals surface area contributed by atoms with Crippen LogP contribution in [0.1, 0.15) is 11.3 Å². The van der Waals surface area contributed by atoms with E-state index >= 15 is 0 Å². The highest BCUT2D eigenvalue weighted by atomic mass is 19.4. The van der Waals surface area contributed by atoms with Gasteiger partial charge in [0, 0.05) is 12.3 Å². The number of aromatic nitrogens is 3. The molecule has 0 aliphatic rings. The quantitative estimate of drug-likeness (QED) is 0.837. The van der Waals surface area contributed by atoms with Gasteiger partial charge in [0.25, 0.3) is 0 Å². The number of rotatable bonds is 2. The van der Waals surface area contributed by atoms with E-state index in [0.29, 0.717) is 5.56 Å². The van der Waals surface area contributed by atoms with Crippen LogP contribution in [0.3, 0.4) is 0 Å². The molecule has 19 heavy (non-hydrogen) atoms. The van der Waals surface area contributed by atoms with Crippen LogP contribution in [0.25, 0.3) is 5.82 Å². The van der Waals surface area contributed by atoms with Crippen molar-refractivity contribution < 1.29 is 17.9 Å². The van der Waals surface area contributed by atoms with E-state index in [1.54, 1.807) is 0 Å². The van der Waals surface area contributed by atoms with Crippen LogP contribution in [0.4, 0.5) is 13.2 Å². The highest BCUT2D eigenvalue weighted by Crippen LogP contribution is 2.31. The molecule has 0 spiro atoms. The first-order chi connectivity index (χ1) is 8.95. The molecule has 0 aromatic carbocycles. The number of hydrogen-bond donors (Lipinski definition) is 0. The molecule has 0 amide bonds. The molecular formula is C11H7F3N4O. The van der Waals surface area contributed by atoms with Crippen molar-refractivity contribution >= 4 is 0 Å². The van der Waals surface area contributed by atoms with Gasteiger partial charge >= 0.3 is 6.18 Å². The molecule has 5 nitrogen and oxygen atoms in total. The van der Waals surface area contributed by atoms with Crippen LogP contribution in [0, 0.1) is 11.3 Å². The van der Waals surface area contributed by atoms with Gasteiger partial charge in [-0.05, 0) is 12.1 Å². The van der Waals surface area contributed by atoms with Gasteiger partial charge in [-0.2, -0.15) is 28.2 Å². The first-order valence-electron chi connectivity index (χ1n) is 5.03. The second kappa shape index (κ2) is 4.61. The van der Waals surface area contributed by atoms with Crippen LogP contribution in [-0.4, -0.2) is 21.9 Å². The average molecular weight is 268 g/mol. The van der Waals surface area contributed by atoms with E-state index in [2.05, 4.69) is 10.1 Å². The van der Waals surface area contributed by atoms with Gasteiger partial charge in [0.2, 0.25) is 5.88 Å². The molecule has 0 aliphatic heterocycles. The van der Waals surface area contributed by atoms with Gasteiger partial charge < -0.3 is 4.74 Å². The summed E-state index contributed by atoms with van der Waals surface area (Å²) < 4.78 is 43.4. The second-order valence-electron chi connectivity index (χ2n) is 3.50. The van der Waals surface area contributed by atoms with Gasteiger partial charge in [-0.1, -0.05) is 0 Å². The number of halogens is 3. The normalized spacial score (nSPS) is 11.1. The fraction of sp³-hybridized carbons (Fsp3) is 0.182. The van der Waals surface area contributed by atoms with Crippen molar-refractivity contribution in [2.45, 2.75) is 6.18 Å². The van der Waals surface area contributed by atoms with Crippen LogP contribution in [-0.2, 0) is 6.18 Å². The van der Waals surface area contributed by atoms with Crippen molar-refractivity contribution in [1.29, 1.82) is 5.26 Å². The van der Waals surface area contributed by atoms with Crippen molar-refractivity contribution in [2.75, 3.05) is 7.11 Å². The molecule has 8 heteroatoms. The van der Waals surface area contributed by atoms with E-state index in [1.165, 1.54) is 25.4 Å². The van der Waals surface area contributed by atoms with Gasteiger partial charge in [-0.3, -0.25) is 0 Å². The lowest BCUT2D eigenvalue weighted by molar-refractivity contribution is -0.141. The number of pyridine rings is 1. The molecule has 0 aliphatic carbocycles. The Morgan fingerprint density at radius 1 is 1.37 bits per heavy atom. The lowest BCUT2D eigenvalue weighted by Gasteiger charge is -2.04. The number of nitrogens with zero attached hydrogens (tertiary/aromatic N) is 4. The molecule has 2 aromatic heterocycles. The Balaban J connectivity index is 2.49. The van der Waals surface area contributed by atoms with Gasteiger partial charge in [0.1, 0.15) is 6.07 Å². The van der Waals surface area contributed by atoms with Gasteiger partial charge in [-0.15, -0.1) is 0 Å². The fourth-order valence-corrected chi connectivity index (χ4v) is 1.39. The summed E-state index contributed by atoms with van der Waals surface area (Å²) in [6, 6.07) is 5.45. The minimum Gasteiger partial charge on any atom is -0.481 e. The monoisotopic (exact) mass is 268 g/mol. The second-order valence-corrected chi connectivity index (χ2v) is 3.50. The summed E-state index contributed by atoms with van der Waals surface area (Å²) in [4.78, 5) is 3.85. The molecule has 0 bridgehead atoms. The molecule has 0 unspecified atom stereocenters. The van der Waals surface area contributed by atoms with E-state index in [1.807, 2.05) is 6.07 Å². The summed E-state index contributed by atoms with van der Waals surface area (Å²) in [6.07, 6.45) is -3.32. The van der Waals surface area contributed by atoms with Crippen LogP contribution in [0.15, 0.2) is 24.4 Å². The number of alkyl halides is 3. The predicted octanol–water partition coefficient (Wildman–Crippen LogP) is 2.17. The van der Waals surface area contributed by atoms with Crippen molar-refractivity contribution in [3.8, 4) is 17.8 Å². The fourth-order valence-electron chi connectivity index (χ4n) is 1.39. The first kappa shape index (κ1) is 12.9. The zero-order chi connectivity index (χ0) is 14.0. The molecule has 0 atom stereocenters. The summed E-state index contributed by atoms with van der Waals surface area (Å²) in [7, 11) is 1.23. The van der Waals surface area contributed by atoms with Gasteiger partial charge in [-0.25, -0.2) is 4.98 Å². The predicted molar refractivity (Wildman–Crippen MR) is 57.6 cm³/mol. The van der Waals surface area contributed by atoms with Crippen LogP contribution in [0.2, 0.25) is 0 Å². The van der Waals surface area contributed by atoms with Gasteiger partial charge in [0.15, 0.2) is 11.5 Å². The first-order valence-corrected chi connectivity index (χ1v) is 5.03. The third kappa shape index (κ3) is 2.49. The Labute approximate surface area is 105 Å². The van der Waals surface area contributed by atoms with Crippen LogP contribution in [0.5, 0.6) is 5.88 Å². The summed E-state index contributed by atoms with van der Waals surface area (Å²) in [5.74, 6) is 0.0379. The van der Waals surface area contributed by atoms with Crippen LogP contribution < -0.4 is 4.74 Å². The highest BCUT2D eigenvalue weighted by Gasteiger charge is 2.35. The smallest absolute Gasteiger partial charge is 0.435 e. The third-order valence-electron chi connectivity index (χ3n) is 2.27. The maximum absolute atomic E-state index is 12.6. The SMILES string of the molecule is COc1cc(C(F)(F)F)nn1-c1ccc(C#N)cn1. The van der Waals surface area contributed by atoms with Crippen LogP contribution >= 0.6 is 0 Å². The molecular weight excluding hydrogens is 261 g/mol. The Bertz CT molecular complexity index is 625. The van der Waals surface area contributed by atoms with E-state index in [0.717, 1.165) is 10.7 Å². The minimum absolute atomic E-state index is 0.0930. The molecule has 0 fully saturated rings. The number of ether oxygens (including phenoxy) is 1. The molecule has 98 valence electrons. The van der Waals surface area contributed by atoms with Gasteiger partial charge in [0.05, 0.1) is 12.7 Å². The molecule has 0 saturated heterocycles. The summed E-state index contributed by atoms with van der Waals surface area (Å²) in [6.45, 7) is 0. The molecule has 2 rings (SSSR count). The maximum Gasteiger partial charge on any atom is 0.435 e. The minimum atomic E-state index is -4.56. The van der Waals surface area contributed by atoms with E-state index < -0.39 is 11.9 Å². The van der Waals surface area contributed by atoms with E-state index in [9.17, 15) is 13.2 Å². The largest absolute Gasteiger partial charge is 0.481 e.